The fraction of sp³-hybridized carbons (Fsp3) is 1.00. The average Bonchev–Trinajstić information content (AvgIpc) is 2.16. The van der Waals surface area contributed by atoms with E-state index in [1.165, 1.54) is 0 Å². The van der Waals surface area contributed by atoms with Crippen LogP contribution in [0.2, 0.25) is 0 Å². The van der Waals surface area contributed by atoms with Gasteiger partial charge in [0, 0.05) is 19.8 Å². The lowest BCUT2D eigenvalue weighted by Gasteiger charge is -2.43. The first kappa shape index (κ1) is 12.3. The van der Waals surface area contributed by atoms with Crippen LogP contribution in [-0.4, -0.2) is 39.6 Å². The highest BCUT2D eigenvalue weighted by molar-refractivity contribution is 7.86. The molecule has 16 heavy (non-hydrogen) atoms. The van der Waals surface area contributed by atoms with Crippen LogP contribution in [0, 0.1) is 5.92 Å². The summed E-state index contributed by atoms with van der Waals surface area (Å²) in [5.41, 5.74) is -0.258. The van der Waals surface area contributed by atoms with Gasteiger partial charge in [-0.05, 0) is 31.6 Å². The van der Waals surface area contributed by atoms with Crippen LogP contribution >= 0.6 is 0 Å². The Morgan fingerprint density at radius 3 is 2.56 bits per heavy atom. The van der Waals surface area contributed by atoms with Crippen molar-refractivity contribution in [3.05, 3.63) is 0 Å². The Kier molecular flexibility index (Phi) is 3.51. The molecular weight excluding hydrogens is 235 g/mol. The summed E-state index contributed by atoms with van der Waals surface area (Å²) in [4.78, 5) is 0. The van der Waals surface area contributed by atoms with Crippen LogP contribution in [0.25, 0.3) is 0 Å². The highest BCUT2D eigenvalue weighted by Gasteiger charge is 2.40. The summed E-state index contributed by atoms with van der Waals surface area (Å²) in [5, 5.41) is 0. The first-order valence-electron chi connectivity index (χ1n) is 5.63. The summed E-state index contributed by atoms with van der Waals surface area (Å²) in [6.45, 7) is 1.82. The minimum atomic E-state index is -4.37. The van der Waals surface area contributed by atoms with Gasteiger partial charge >= 0.3 is 10.2 Å². The predicted octanol–water partition coefficient (Wildman–Crippen LogP) is 1.26. The zero-order valence-corrected chi connectivity index (χ0v) is 9.97. The molecule has 0 aromatic carbocycles. The molecule has 6 heteroatoms. The number of ether oxygens (including phenoxy) is 2. The molecule has 2 saturated heterocycles. The van der Waals surface area contributed by atoms with E-state index in [9.17, 15) is 12.3 Å². The lowest BCUT2D eigenvalue weighted by molar-refractivity contribution is -0.144. The zero-order valence-electron chi connectivity index (χ0n) is 9.15. The molecule has 0 amide bonds. The maximum atomic E-state index is 12.6. The number of hydrogen-bond acceptors (Lipinski definition) is 4. The molecule has 1 atom stereocenters. The van der Waals surface area contributed by atoms with E-state index in [0.717, 1.165) is 12.8 Å². The Labute approximate surface area is 95.3 Å². The maximum Gasteiger partial charge on any atom is 0.302 e. The SMILES string of the molecule is O=S(=O)(F)CC1CCOC2(CCOCC2)C1. The van der Waals surface area contributed by atoms with Crippen molar-refractivity contribution in [2.45, 2.75) is 31.3 Å². The molecule has 2 rings (SSSR count). The average molecular weight is 252 g/mol. The van der Waals surface area contributed by atoms with Gasteiger partial charge in [-0.3, -0.25) is 0 Å². The fourth-order valence-electron chi connectivity index (χ4n) is 2.64. The number of rotatable bonds is 2. The molecule has 94 valence electrons. The predicted molar refractivity (Wildman–Crippen MR) is 56.4 cm³/mol. The molecule has 0 N–H and O–H groups in total. The molecule has 0 aromatic rings. The van der Waals surface area contributed by atoms with Gasteiger partial charge in [0.25, 0.3) is 0 Å². The third-order valence-electron chi connectivity index (χ3n) is 3.43. The standard InChI is InChI=1S/C10H17FO4S/c11-16(12,13)8-9-1-4-15-10(7-9)2-5-14-6-3-10/h9H,1-8H2. The third-order valence-corrected chi connectivity index (χ3v) is 4.30. The molecule has 4 nitrogen and oxygen atoms in total. The minimum Gasteiger partial charge on any atom is -0.381 e. The van der Waals surface area contributed by atoms with E-state index in [-0.39, 0.29) is 17.3 Å². The summed E-state index contributed by atoms with van der Waals surface area (Å²) in [5.74, 6) is -0.472. The summed E-state index contributed by atoms with van der Waals surface area (Å²) in [6.07, 6.45) is 2.84. The van der Waals surface area contributed by atoms with Crippen molar-refractivity contribution in [1.82, 2.24) is 0 Å². The van der Waals surface area contributed by atoms with E-state index < -0.39 is 10.2 Å². The van der Waals surface area contributed by atoms with Crippen molar-refractivity contribution in [2.24, 2.45) is 5.92 Å². The molecule has 1 spiro atoms. The normalized spacial score (nSPS) is 30.4. The van der Waals surface area contributed by atoms with Crippen LogP contribution in [-0.2, 0) is 19.7 Å². The van der Waals surface area contributed by atoms with Crippen LogP contribution in [0.5, 0.6) is 0 Å². The van der Waals surface area contributed by atoms with Gasteiger partial charge < -0.3 is 9.47 Å². The van der Waals surface area contributed by atoms with E-state index in [1.807, 2.05) is 0 Å². The van der Waals surface area contributed by atoms with Gasteiger partial charge in [0.05, 0.1) is 11.4 Å². The van der Waals surface area contributed by atoms with Crippen molar-refractivity contribution < 1.29 is 21.8 Å². The highest BCUT2D eigenvalue weighted by Crippen LogP contribution is 2.37. The molecule has 1 unspecified atom stereocenters. The fourth-order valence-corrected chi connectivity index (χ4v) is 3.49. The van der Waals surface area contributed by atoms with Crippen LogP contribution in [0.15, 0.2) is 0 Å². The first-order valence-corrected chi connectivity index (χ1v) is 7.18. The summed E-state index contributed by atoms with van der Waals surface area (Å²) >= 11 is 0. The van der Waals surface area contributed by atoms with Crippen molar-refractivity contribution >= 4 is 10.2 Å². The summed E-state index contributed by atoms with van der Waals surface area (Å²) in [7, 11) is -4.37. The molecule has 2 fully saturated rings. The Bertz CT molecular complexity index is 329. The topological polar surface area (TPSA) is 52.6 Å². The Morgan fingerprint density at radius 1 is 1.25 bits per heavy atom. The van der Waals surface area contributed by atoms with E-state index in [1.54, 1.807) is 0 Å². The minimum absolute atomic E-state index is 0.109. The van der Waals surface area contributed by atoms with E-state index in [4.69, 9.17) is 9.47 Å². The molecule has 2 heterocycles. The maximum absolute atomic E-state index is 12.6. The summed E-state index contributed by atoms with van der Waals surface area (Å²) in [6, 6.07) is 0. The lowest BCUT2D eigenvalue weighted by Crippen LogP contribution is -2.45. The second kappa shape index (κ2) is 4.58. The van der Waals surface area contributed by atoms with Crippen molar-refractivity contribution in [2.75, 3.05) is 25.6 Å². The quantitative estimate of drug-likeness (QED) is 0.694. The zero-order chi connectivity index (χ0) is 11.6. The smallest absolute Gasteiger partial charge is 0.302 e. The van der Waals surface area contributed by atoms with Crippen molar-refractivity contribution in [3.63, 3.8) is 0 Å². The molecule has 2 aliphatic heterocycles. The molecule has 2 aliphatic rings. The lowest BCUT2D eigenvalue weighted by atomic mass is 9.81. The Balaban J connectivity index is 1.98. The van der Waals surface area contributed by atoms with Crippen LogP contribution in [0.3, 0.4) is 0 Å². The van der Waals surface area contributed by atoms with Gasteiger partial charge in [0.1, 0.15) is 0 Å². The van der Waals surface area contributed by atoms with Crippen LogP contribution in [0.4, 0.5) is 3.89 Å². The monoisotopic (exact) mass is 252 g/mol. The van der Waals surface area contributed by atoms with E-state index in [0.29, 0.717) is 32.7 Å². The van der Waals surface area contributed by atoms with Gasteiger partial charge in [-0.2, -0.15) is 8.42 Å². The van der Waals surface area contributed by atoms with E-state index >= 15 is 0 Å². The van der Waals surface area contributed by atoms with Crippen LogP contribution in [0.1, 0.15) is 25.7 Å². The highest BCUT2D eigenvalue weighted by atomic mass is 32.3. The van der Waals surface area contributed by atoms with Gasteiger partial charge in [-0.25, -0.2) is 0 Å². The molecular formula is C10H17FO4S. The second-order valence-corrected chi connectivity index (χ2v) is 6.12. The molecule has 0 bridgehead atoms. The van der Waals surface area contributed by atoms with E-state index in [2.05, 4.69) is 0 Å². The first-order chi connectivity index (χ1) is 7.49. The Morgan fingerprint density at radius 2 is 1.94 bits per heavy atom. The van der Waals surface area contributed by atoms with Gasteiger partial charge in [-0.15, -0.1) is 3.89 Å². The second-order valence-electron chi connectivity index (χ2n) is 4.71. The number of hydrogen-bond donors (Lipinski definition) is 0. The molecule has 0 aromatic heterocycles. The number of halogens is 1. The Hall–Kier alpha value is -0.200. The van der Waals surface area contributed by atoms with Gasteiger partial charge in [-0.1, -0.05) is 0 Å². The molecule has 0 aliphatic carbocycles. The van der Waals surface area contributed by atoms with Crippen molar-refractivity contribution in [1.29, 1.82) is 0 Å². The third kappa shape index (κ3) is 3.15. The summed E-state index contributed by atoms with van der Waals surface area (Å²) < 4.78 is 44.9. The largest absolute Gasteiger partial charge is 0.381 e. The van der Waals surface area contributed by atoms with Crippen molar-refractivity contribution in [3.8, 4) is 0 Å². The molecule has 0 radical (unpaired) electrons. The molecule has 0 saturated carbocycles. The van der Waals surface area contributed by atoms with Gasteiger partial charge in [0.2, 0.25) is 0 Å². The van der Waals surface area contributed by atoms with Gasteiger partial charge in [0.15, 0.2) is 0 Å². The van der Waals surface area contributed by atoms with Crippen LogP contribution < -0.4 is 0 Å².